The molecule has 1 aliphatic heterocycles. The fraction of sp³-hybridized carbons (Fsp3) is 0.500. The Hall–Kier alpha value is -1.88. The SMILES string of the molecule is CCOC(c1noc(C2CNc3ccccc32)n1)C1CC1. The minimum absolute atomic E-state index is 0.00268. The summed E-state index contributed by atoms with van der Waals surface area (Å²) in [5.74, 6) is 2.10. The van der Waals surface area contributed by atoms with E-state index in [1.165, 1.54) is 18.4 Å². The van der Waals surface area contributed by atoms with Crippen molar-refractivity contribution in [3.63, 3.8) is 0 Å². The molecule has 1 aromatic carbocycles. The average molecular weight is 285 g/mol. The van der Waals surface area contributed by atoms with Crippen molar-refractivity contribution in [3.8, 4) is 0 Å². The van der Waals surface area contributed by atoms with Crippen molar-refractivity contribution < 1.29 is 9.26 Å². The summed E-state index contributed by atoms with van der Waals surface area (Å²) in [6.45, 7) is 3.50. The highest BCUT2D eigenvalue weighted by atomic mass is 16.5. The van der Waals surface area contributed by atoms with Gasteiger partial charge in [-0.15, -0.1) is 0 Å². The molecule has 2 atom stereocenters. The molecule has 110 valence electrons. The first-order valence-corrected chi connectivity index (χ1v) is 7.64. The van der Waals surface area contributed by atoms with E-state index in [0.29, 0.717) is 24.2 Å². The van der Waals surface area contributed by atoms with Gasteiger partial charge < -0.3 is 14.6 Å². The number of fused-ring (bicyclic) bond motifs is 1. The number of anilines is 1. The van der Waals surface area contributed by atoms with Gasteiger partial charge in [0.05, 0.1) is 5.92 Å². The molecule has 4 rings (SSSR count). The van der Waals surface area contributed by atoms with Crippen LogP contribution in [-0.4, -0.2) is 23.3 Å². The zero-order chi connectivity index (χ0) is 14.2. The quantitative estimate of drug-likeness (QED) is 0.914. The molecule has 0 saturated heterocycles. The topological polar surface area (TPSA) is 60.2 Å². The molecule has 2 aliphatic rings. The molecular formula is C16H19N3O2. The van der Waals surface area contributed by atoms with Crippen LogP contribution in [-0.2, 0) is 4.74 Å². The molecule has 1 N–H and O–H groups in total. The first-order valence-electron chi connectivity index (χ1n) is 7.64. The Balaban J connectivity index is 1.60. The summed E-state index contributed by atoms with van der Waals surface area (Å²) in [4.78, 5) is 4.63. The molecule has 2 unspecified atom stereocenters. The Morgan fingerprint density at radius 1 is 1.38 bits per heavy atom. The maximum absolute atomic E-state index is 5.80. The van der Waals surface area contributed by atoms with Crippen LogP contribution in [0.15, 0.2) is 28.8 Å². The molecule has 5 heteroatoms. The van der Waals surface area contributed by atoms with E-state index in [0.717, 1.165) is 12.2 Å². The first-order chi connectivity index (χ1) is 10.4. The normalized spacial score (nSPS) is 21.9. The van der Waals surface area contributed by atoms with Crippen LogP contribution < -0.4 is 5.32 Å². The minimum Gasteiger partial charge on any atom is -0.384 e. The highest BCUT2D eigenvalue weighted by Crippen LogP contribution is 2.43. The van der Waals surface area contributed by atoms with E-state index in [2.05, 4.69) is 27.6 Å². The second kappa shape index (κ2) is 5.15. The minimum atomic E-state index is -0.00268. The molecule has 21 heavy (non-hydrogen) atoms. The van der Waals surface area contributed by atoms with Gasteiger partial charge in [0.25, 0.3) is 0 Å². The Bertz CT molecular complexity index is 636. The van der Waals surface area contributed by atoms with Crippen molar-refractivity contribution in [3.05, 3.63) is 41.5 Å². The number of ether oxygens (including phenoxy) is 1. The van der Waals surface area contributed by atoms with Gasteiger partial charge in [-0.25, -0.2) is 0 Å². The fourth-order valence-electron chi connectivity index (χ4n) is 3.01. The van der Waals surface area contributed by atoms with Crippen molar-refractivity contribution in [1.82, 2.24) is 10.1 Å². The number of para-hydroxylation sites is 1. The Labute approximate surface area is 123 Å². The zero-order valence-electron chi connectivity index (χ0n) is 12.1. The van der Waals surface area contributed by atoms with Gasteiger partial charge in [-0.2, -0.15) is 4.98 Å². The van der Waals surface area contributed by atoms with Crippen LogP contribution in [0.5, 0.6) is 0 Å². The van der Waals surface area contributed by atoms with Crippen LogP contribution in [0.4, 0.5) is 5.69 Å². The Morgan fingerprint density at radius 3 is 3.05 bits per heavy atom. The van der Waals surface area contributed by atoms with Crippen LogP contribution >= 0.6 is 0 Å². The maximum Gasteiger partial charge on any atom is 0.236 e. The maximum atomic E-state index is 5.80. The predicted molar refractivity (Wildman–Crippen MR) is 78.2 cm³/mol. The second-order valence-corrected chi connectivity index (χ2v) is 5.72. The summed E-state index contributed by atoms with van der Waals surface area (Å²) in [6, 6.07) is 8.28. The van der Waals surface area contributed by atoms with Gasteiger partial charge in [0.1, 0.15) is 6.10 Å². The van der Waals surface area contributed by atoms with E-state index in [1.54, 1.807) is 0 Å². The van der Waals surface area contributed by atoms with Crippen molar-refractivity contribution in [2.24, 2.45) is 5.92 Å². The van der Waals surface area contributed by atoms with Crippen LogP contribution in [0.3, 0.4) is 0 Å². The van der Waals surface area contributed by atoms with Crippen molar-refractivity contribution >= 4 is 5.69 Å². The number of nitrogens with one attached hydrogen (secondary N) is 1. The Morgan fingerprint density at radius 2 is 2.24 bits per heavy atom. The van der Waals surface area contributed by atoms with Gasteiger partial charge in [-0.05, 0) is 37.3 Å². The van der Waals surface area contributed by atoms with Gasteiger partial charge in [-0.3, -0.25) is 0 Å². The zero-order valence-corrected chi connectivity index (χ0v) is 12.1. The molecule has 0 spiro atoms. The number of rotatable bonds is 5. The lowest BCUT2D eigenvalue weighted by Gasteiger charge is -2.11. The van der Waals surface area contributed by atoms with E-state index in [1.807, 2.05) is 19.1 Å². The molecule has 1 aromatic heterocycles. The highest BCUT2D eigenvalue weighted by molar-refractivity contribution is 5.59. The number of nitrogens with zero attached hydrogens (tertiary/aromatic N) is 2. The van der Waals surface area contributed by atoms with Crippen LogP contribution in [0.2, 0.25) is 0 Å². The van der Waals surface area contributed by atoms with E-state index in [-0.39, 0.29) is 12.0 Å². The van der Waals surface area contributed by atoms with Crippen LogP contribution in [0, 0.1) is 5.92 Å². The number of hydrogen-bond donors (Lipinski definition) is 1. The lowest BCUT2D eigenvalue weighted by atomic mass is 10.0. The summed E-state index contributed by atoms with van der Waals surface area (Å²) in [5.41, 5.74) is 2.39. The van der Waals surface area contributed by atoms with E-state index >= 15 is 0 Å². The van der Waals surface area contributed by atoms with Crippen molar-refractivity contribution in [1.29, 1.82) is 0 Å². The number of aromatic nitrogens is 2. The molecule has 1 saturated carbocycles. The van der Waals surface area contributed by atoms with Crippen molar-refractivity contribution in [2.75, 3.05) is 18.5 Å². The largest absolute Gasteiger partial charge is 0.384 e. The molecule has 5 nitrogen and oxygen atoms in total. The summed E-state index contributed by atoms with van der Waals surface area (Å²) in [5, 5.41) is 7.56. The van der Waals surface area contributed by atoms with Gasteiger partial charge >= 0.3 is 0 Å². The third-order valence-corrected chi connectivity index (χ3v) is 4.24. The third-order valence-electron chi connectivity index (χ3n) is 4.24. The molecule has 0 amide bonds. The lowest BCUT2D eigenvalue weighted by Crippen LogP contribution is -2.09. The first kappa shape index (κ1) is 12.8. The van der Waals surface area contributed by atoms with Gasteiger partial charge in [0, 0.05) is 18.8 Å². The smallest absolute Gasteiger partial charge is 0.236 e. The molecule has 2 aromatic rings. The fourth-order valence-corrected chi connectivity index (χ4v) is 3.01. The van der Waals surface area contributed by atoms with Gasteiger partial charge in [0.2, 0.25) is 11.7 Å². The molecule has 0 bridgehead atoms. The standard InChI is InChI=1S/C16H19N3O2/c1-2-20-14(10-7-8-10)15-18-16(21-19-15)12-9-17-13-6-4-3-5-11(12)13/h3-6,10,12,14,17H,2,7-9H2,1H3. The molecule has 0 radical (unpaired) electrons. The molecule has 2 heterocycles. The summed E-state index contributed by atoms with van der Waals surface area (Å²) >= 11 is 0. The summed E-state index contributed by atoms with van der Waals surface area (Å²) in [6.07, 6.45) is 2.39. The van der Waals surface area contributed by atoms with Gasteiger partial charge in [0.15, 0.2) is 0 Å². The van der Waals surface area contributed by atoms with Crippen LogP contribution in [0.25, 0.3) is 0 Å². The molecular weight excluding hydrogens is 266 g/mol. The van der Waals surface area contributed by atoms with E-state index in [9.17, 15) is 0 Å². The second-order valence-electron chi connectivity index (χ2n) is 5.72. The predicted octanol–water partition coefficient (Wildman–Crippen LogP) is 3.11. The van der Waals surface area contributed by atoms with Crippen LogP contribution in [0.1, 0.15) is 49.1 Å². The number of benzene rings is 1. The summed E-state index contributed by atoms with van der Waals surface area (Å²) < 4.78 is 11.3. The van der Waals surface area contributed by atoms with Crippen molar-refractivity contribution in [2.45, 2.75) is 31.8 Å². The lowest BCUT2D eigenvalue weighted by molar-refractivity contribution is 0.0384. The molecule has 1 fully saturated rings. The molecule has 1 aliphatic carbocycles. The average Bonchev–Trinajstić information content (AvgIpc) is 3.08. The Kier molecular flexibility index (Phi) is 3.15. The van der Waals surface area contributed by atoms with E-state index in [4.69, 9.17) is 9.26 Å². The third kappa shape index (κ3) is 2.31. The highest BCUT2D eigenvalue weighted by Gasteiger charge is 2.37. The summed E-state index contributed by atoms with van der Waals surface area (Å²) in [7, 11) is 0. The van der Waals surface area contributed by atoms with Gasteiger partial charge in [-0.1, -0.05) is 23.4 Å². The van der Waals surface area contributed by atoms with E-state index < -0.39 is 0 Å². The number of hydrogen-bond acceptors (Lipinski definition) is 5. The monoisotopic (exact) mass is 285 g/mol.